The van der Waals surface area contributed by atoms with E-state index in [1.54, 1.807) is 0 Å². The predicted molar refractivity (Wildman–Crippen MR) is 128 cm³/mol. The second-order valence-electron chi connectivity index (χ2n) is 8.54. The summed E-state index contributed by atoms with van der Waals surface area (Å²) in [5, 5.41) is 2.92. The Labute approximate surface area is 194 Å². The molecule has 7 heteroatoms. The number of carbonyl (C=O) groups excluding carboxylic acids is 2. The SMILES string of the molecule is CC(=O)N(CC(=O)Nc1nc(-c2ccccc2)cn1-c1ccc(C)c(C)c1)CC1CCCO1. The summed E-state index contributed by atoms with van der Waals surface area (Å²) in [6.45, 7) is 6.68. The molecule has 1 aliphatic heterocycles. The van der Waals surface area contributed by atoms with E-state index in [4.69, 9.17) is 9.72 Å². The number of ether oxygens (including phenoxy) is 1. The maximum absolute atomic E-state index is 13.0. The molecule has 0 saturated carbocycles. The lowest BCUT2D eigenvalue weighted by atomic mass is 10.1. The van der Waals surface area contributed by atoms with Gasteiger partial charge in [0, 0.05) is 37.5 Å². The Morgan fingerprint density at radius 1 is 1.15 bits per heavy atom. The Kier molecular flexibility index (Phi) is 6.89. The number of amides is 2. The van der Waals surface area contributed by atoms with E-state index < -0.39 is 0 Å². The summed E-state index contributed by atoms with van der Waals surface area (Å²) >= 11 is 0. The van der Waals surface area contributed by atoms with Gasteiger partial charge in [0.1, 0.15) is 6.54 Å². The van der Waals surface area contributed by atoms with Crippen LogP contribution in [-0.4, -0.2) is 52.1 Å². The molecule has 0 spiro atoms. The Balaban J connectivity index is 1.59. The lowest BCUT2D eigenvalue weighted by molar-refractivity contribution is -0.134. The van der Waals surface area contributed by atoms with Gasteiger partial charge in [-0.3, -0.25) is 19.5 Å². The number of hydrogen-bond acceptors (Lipinski definition) is 4. The molecule has 3 aromatic rings. The fraction of sp³-hybridized carbons (Fsp3) is 0.346. The van der Waals surface area contributed by atoms with E-state index in [1.165, 1.54) is 17.4 Å². The van der Waals surface area contributed by atoms with E-state index in [0.29, 0.717) is 19.1 Å². The van der Waals surface area contributed by atoms with Crippen molar-refractivity contribution in [2.45, 2.75) is 39.7 Å². The molecular weight excluding hydrogens is 416 g/mol. The first-order chi connectivity index (χ1) is 15.9. The van der Waals surface area contributed by atoms with E-state index in [9.17, 15) is 9.59 Å². The van der Waals surface area contributed by atoms with Crippen LogP contribution in [0.15, 0.2) is 54.7 Å². The molecule has 1 N–H and O–H groups in total. The maximum Gasteiger partial charge on any atom is 0.246 e. The first kappa shape index (κ1) is 22.7. The number of nitrogens with zero attached hydrogens (tertiary/aromatic N) is 3. The van der Waals surface area contributed by atoms with Crippen molar-refractivity contribution in [3.8, 4) is 16.9 Å². The van der Waals surface area contributed by atoms with Crippen molar-refractivity contribution in [2.75, 3.05) is 25.0 Å². The summed E-state index contributed by atoms with van der Waals surface area (Å²) in [6, 6.07) is 16.0. The minimum Gasteiger partial charge on any atom is -0.376 e. The largest absolute Gasteiger partial charge is 0.376 e. The second-order valence-corrected chi connectivity index (χ2v) is 8.54. The Morgan fingerprint density at radius 3 is 2.61 bits per heavy atom. The number of carbonyl (C=O) groups is 2. The molecule has 33 heavy (non-hydrogen) atoms. The molecule has 2 aromatic carbocycles. The summed E-state index contributed by atoms with van der Waals surface area (Å²) < 4.78 is 7.52. The normalized spacial score (nSPS) is 15.4. The molecule has 2 amide bonds. The van der Waals surface area contributed by atoms with Crippen LogP contribution < -0.4 is 5.32 Å². The van der Waals surface area contributed by atoms with Crippen molar-refractivity contribution in [3.63, 3.8) is 0 Å². The van der Waals surface area contributed by atoms with Gasteiger partial charge in [-0.25, -0.2) is 4.98 Å². The van der Waals surface area contributed by atoms with Crippen LogP contribution >= 0.6 is 0 Å². The number of imidazole rings is 1. The van der Waals surface area contributed by atoms with Gasteiger partial charge in [-0.15, -0.1) is 0 Å². The molecule has 1 fully saturated rings. The van der Waals surface area contributed by atoms with Crippen LogP contribution in [0.1, 0.15) is 30.9 Å². The number of hydrogen-bond donors (Lipinski definition) is 1. The number of nitrogens with one attached hydrogen (secondary N) is 1. The van der Waals surface area contributed by atoms with Gasteiger partial charge in [0.25, 0.3) is 0 Å². The molecule has 0 radical (unpaired) electrons. The molecule has 1 unspecified atom stereocenters. The highest BCUT2D eigenvalue weighted by molar-refractivity contribution is 5.93. The molecule has 4 rings (SSSR count). The molecule has 2 heterocycles. The Hall–Kier alpha value is -3.45. The van der Waals surface area contributed by atoms with E-state index in [-0.39, 0.29) is 24.5 Å². The zero-order valence-corrected chi connectivity index (χ0v) is 19.4. The number of aromatic nitrogens is 2. The smallest absolute Gasteiger partial charge is 0.246 e. The third-order valence-electron chi connectivity index (χ3n) is 6.02. The van der Waals surface area contributed by atoms with Crippen LogP contribution in [0.5, 0.6) is 0 Å². The molecule has 1 aliphatic rings. The zero-order chi connectivity index (χ0) is 23.4. The van der Waals surface area contributed by atoms with Crippen molar-refractivity contribution in [2.24, 2.45) is 0 Å². The highest BCUT2D eigenvalue weighted by Gasteiger charge is 2.23. The average molecular weight is 447 g/mol. The highest BCUT2D eigenvalue weighted by Crippen LogP contribution is 2.25. The Morgan fingerprint density at radius 2 is 1.94 bits per heavy atom. The van der Waals surface area contributed by atoms with Crippen LogP contribution in [0, 0.1) is 13.8 Å². The first-order valence-electron chi connectivity index (χ1n) is 11.3. The summed E-state index contributed by atoms with van der Waals surface area (Å²) in [5.74, 6) is -0.0238. The third kappa shape index (κ3) is 5.49. The van der Waals surface area contributed by atoms with E-state index in [0.717, 1.165) is 35.3 Å². The molecule has 172 valence electrons. The van der Waals surface area contributed by atoms with E-state index in [2.05, 4.69) is 31.3 Å². The topological polar surface area (TPSA) is 76.5 Å². The average Bonchev–Trinajstić information content (AvgIpc) is 3.46. The molecular formula is C26H30N4O3. The monoisotopic (exact) mass is 446 g/mol. The quantitative estimate of drug-likeness (QED) is 0.592. The van der Waals surface area contributed by atoms with Crippen LogP contribution in [0.4, 0.5) is 5.95 Å². The molecule has 1 atom stereocenters. The minimum absolute atomic E-state index is 0.0103. The summed E-state index contributed by atoms with van der Waals surface area (Å²) in [5.41, 5.74) is 4.97. The number of aryl methyl sites for hydroxylation is 2. The number of benzene rings is 2. The predicted octanol–water partition coefficient (Wildman–Crippen LogP) is 4.12. The van der Waals surface area contributed by atoms with Crippen molar-refractivity contribution in [1.29, 1.82) is 0 Å². The van der Waals surface area contributed by atoms with Gasteiger partial charge in [-0.05, 0) is 49.9 Å². The Bertz CT molecular complexity index is 1130. The fourth-order valence-corrected chi connectivity index (χ4v) is 3.96. The van der Waals surface area contributed by atoms with Gasteiger partial charge in [0.15, 0.2) is 0 Å². The maximum atomic E-state index is 13.0. The lowest BCUT2D eigenvalue weighted by Gasteiger charge is -2.23. The van der Waals surface area contributed by atoms with Crippen molar-refractivity contribution in [3.05, 3.63) is 65.9 Å². The summed E-state index contributed by atoms with van der Waals surface area (Å²) in [4.78, 5) is 31.3. The van der Waals surface area contributed by atoms with E-state index >= 15 is 0 Å². The fourth-order valence-electron chi connectivity index (χ4n) is 3.96. The van der Waals surface area contributed by atoms with Gasteiger partial charge < -0.3 is 9.64 Å². The lowest BCUT2D eigenvalue weighted by Crippen LogP contribution is -2.41. The molecule has 1 saturated heterocycles. The van der Waals surface area contributed by atoms with Gasteiger partial charge in [-0.2, -0.15) is 0 Å². The van der Waals surface area contributed by atoms with Gasteiger partial charge in [0.05, 0.1) is 11.8 Å². The standard InChI is InChI=1S/C26H30N4O3/c1-18-11-12-22(14-19(18)2)30-16-24(21-8-5-4-6-9-21)27-26(30)28-25(32)17-29(20(3)31)15-23-10-7-13-33-23/h4-6,8-9,11-12,14,16,23H,7,10,13,15,17H2,1-3H3,(H,27,28,32). The first-order valence-corrected chi connectivity index (χ1v) is 11.3. The molecule has 0 bridgehead atoms. The number of rotatable bonds is 7. The third-order valence-corrected chi connectivity index (χ3v) is 6.02. The van der Waals surface area contributed by atoms with Crippen LogP contribution in [-0.2, 0) is 14.3 Å². The van der Waals surface area contributed by atoms with Crippen molar-refractivity contribution >= 4 is 17.8 Å². The van der Waals surface area contributed by atoms with Gasteiger partial charge >= 0.3 is 0 Å². The molecule has 7 nitrogen and oxygen atoms in total. The van der Waals surface area contributed by atoms with Crippen LogP contribution in [0.3, 0.4) is 0 Å². The summed E-state index contributed by atoms with van der Waals surface area (Å²) in [7, 11) is 0. The number of anilines is 1. The van der Waals surface area contributed by atoms with Crippen LogP contribution in [0.25, 0.3) is 16.9 Å². The van der Waals surface area contributed by atoms with Crippen molar-refractivity contribution in [1.82, 2.24) is 14.5 Å². The zero-order valence-electron chi connectivity index (χ0n) is 19.4. The van der Waals surface area contributed by atoms with Gasteiger partial charge in [0.2, 0.25) is 17.8 Å². The van der Waals surface area contributed by atoms with E-state index in [1.807, 2.05) is 47.2 Å². The van der Waals surface area contributed by atoms with Crippen molar-refractivity contribution < 1.29 is 14.3 Å². The second kappa shape index (κ2) is 10.0. The highest BCUT2D eigenvalue weighted by atomic mass is 16.5. The minimum atomic E-state index is -0.293. The molecule has 1 aromatic heterocycles. The van der Waals surface area contributed by atoms with Crippen LogP contribution in [0.2, 0.25) is 0 Å². The summed E-state index contributed by atoms with van der Waals surface area (Å²) in [6.07, 6.45) is 3.80. The van der Waals surface area contributed by atoms with Gasteiger partial charge in [-0.1, -0.05) is 36.4 Å². The molecule has 0 aliphatic carbocycles.